The van der Waals surface area contributed by atoms with E-state index in [9.17, 15) is 4.79 Å². The molecule has 3 heteroatoms. The van der Waals surface area contributed by atoms with Gasteiger partial charge in [0.2, 0.25) is 0 Å². The third-order valence-electron chi connectivity index (χ3n) is 1.90. The van der Waals surface area contributed by atoms with Gasteiger partial charge in [-0.1, -0.05) is 12.1 Å². The Morgan fingerprint density at radius 2 is 2.08 bits per heavy atom. The fourth-order valence-corrected chi connectivity index (χ4v) is 1.45. The maximum absolute atomic E-state index is 10.5. The topological polar surface area (TPSA) is 29.1 Å². The Balaban J connectivity index is 2.63. The number of benzene rings is 1. The van der Waals surface area contributed by atoms with Gasteiger partial charge in [-0.15, -0.1) is 0 Å². The van der Waals surface area contributed by atoms with Crippen molar-refractivity contribution in [2.75, 3.05) is 7.05 Å². The fourth-order valence-electron chi connectivity index (χ4n) is 1.09. The smallest absolute Gasteiger partial charge is 0.137 e. The van der Waals surface area contributed by atoms with Crippen LogP contribution in [0, 0.1) is 3.57 Å². The summed E-state index contributed by atoms with van der Waals surface area (Å²) < 4.78 is 1.22. The maximum atomic E-state index is 10.5. The molecule has 70 valence electrons. The first-order valence-electron chi connectivity index (χ1n) is 4.13. The van der Waals surface area contributed by atoms with Crippen molar-refractivity contribution < 1.29 is 4.79 Å². The molecule has 1 aromatic carbocycles. The molecule has 0 unspecified atom stereocenters. The van der Waals surface area contributed by atoms with Crippen molar-refractivity contribution in [3.8, 4) is 0 Å². The summed E-state index contributed by atoms with van der Waals surface area (Å²) in [7, 11) is 1.80. The molecule has 0 heterocycles. The van der Waals surface area contributed by atoms with Gasteiger partial charge in [0.1, 0.15) is 6.29 Å². The van der Waals surface area contributed by atoms with E-state index in [1.54, 1.807) is 7.05 Å². The van der Waals surface area contributed by atoms with E-state index in [1.165, 1.54) is 9.13 Å². The van der Waals surface area contributed by atoms with Gasteiger partial charge in [-0.2, -0.15) is 0 Å². The van der Waals surface area contributed by atoms with Crippen molar-refractivity contribution in [1.82, 2.24) is 5.32 Å². The van der Waals surface area contributed by atoms with E-state index >= 15 is 0 Å². The molecule has 0 aromatic heterocycles. The second-order valence-electron chi connectivity index (χ2n) is 2.86. The highest BCUT2D eigenvalue weighted by molar-refractivity contribution is 14.1. The van der Waals surface area contributed by atoms with Crippen molar-refractivity contribution in [3.05, 3.63) is 33.4 Å². The van der Waals surface area contributed by atoms with Crippen LogP contribution in [0.3, 0.4) is 0 Å². The van der Waals surface area contributed by atoms with Gasteiger partial charge in [-0.25, -0.2) is 0 Å². The lowest BCUT2D eigenvalue weighted by molar-refractivity contribution is -0.109. The fraction of sp³-hybridized carbons (Fsp3) is 0.300. The lowest BCUT2D eigenvalue weighted by Crippen LogP contribution is -2.28. The minimum absolute atomic E-state index is 0.0694. The highest BCUT2D eigenvalue weighted by Gasteiger charge is 2.04. The van der Waals surface area contributed by atoms with E-state index in [0.29, 0.717) is 0 Å². The molecule has 1 atom stereocenters. The van der Waals surface area contributed by atoms with Crippen molar-refractivity contribution in [3.63, 3.8) is 0 Å². The van der Waals surface area contributed by atoms with Gasteiger partial charge in [-0.3, -0.25) is 0 Å². The lowest BCUT2D eigenvalue weighted by Gasteiger charge is -2.08. The largest absolute Gasteiger partial charge is 0.311 e. The zero-order chi connectivity index (χ0) is 9.68. The van der Waals surface area contributed by atoms with E-state index in [4.69, 9.17) is 0 Å². The third-order valence-corrected chi connectivity index (χ3v) is 2.62. The summed E-state index contributed by atoms with van der Waals surface area (Å²) in [5.74, 6) is 0. The first-order chi connectivity index (χ1) is 6.26. The Labute approximate surface area is 91.9 Å². The molecule has 0 radical (unpaired) electrons. The van der Waals surface area contributed by atoms with Crippen molar-refractivity contribution in [2.24, 2.45) is 0 Å². The Morgan fingerprint density at radius 1 is 1.46 bits per heavy atom. The third kappa shape index (κ3) is 3.44. The van der Waals surface area contributed by atoms with Crippen LogP contribution in [0.25, 0.3) is 0 Å². The normalized spacial score (nSPS) is 12.5. The summed E-state index contributed by atoms with van der Waals surface area (Å²) in [6, 6.07) is 8.13. The highest BCUT2D eigenvalue weighted by atomic mass is 127. The van der Waals surface area contributed by atoms with Crippen molar-refractivity contribution in [2.45, 2.75) is 12.5 Å². The van der Waals surface area contributed by atoms with Crippen LogP contribution < -0.4 is 5.32 Å². The van der Waals surface area contributed by atoms with Crippen LogP contribution in [-0.2, 0) is 11.2 Å². The van der Waals surface area contributed by atoms with Gasteiger partial charge in [0.05, 0.1) is 6.04 Å². The summed E-state index contributed by atoms with van der Waals surface area (Å²) in [5, 5.41) is 2.94. The molecule has 13 heavy (non-hydrogen) atoms. The molecule has 1 aromatic rings. The van der Waals surface area contributed by atoms with Crippen molar-refractivity contribution in [1.29, 1.82) is 0 Å². The van der Waals surface area contributed by atoms with E-state index in [1.807, 2.05) is 12.1 Å². The second kappa shape index (κ2) is 5.34. The summed E-state index contributed by atoms with van der Waals surface area (Å²) in [6.07, 6.45) is 1.70. The Kier molecular flexibility index (Phi) is 4.38. The minimum atomic E-state index is -0.0694. The predicted molar refractivity (Wildman–Crippen MR) is 61.8 cm³/mol. The number of hydrogen-bond donors (Lipinski definition) is 1. The summed E-state index contributed by atoms with van der Waals surface area (Å²) in [5.41, 5.74) is 1.19. The van der Waals surface area contributed by atoms with Crippen LogP contribution in [0.1, 0.15) is 5.56 Å². The van der Waals surface area contributed by atoms with Crippen LogP contribution in [0.5, 0.6) is 0 Å². The number of carbonyl (C=O) groups is 1. The van der Waals surface area contributed by atoms with Gasteiger partial charge in [0, 0.05) is 3.57 Å². The summed E-state index contributed by atoms with van der Waals surface area (Å²) in [6.45, 7) is 0. The number of hydrogen-bond acceptors (Lipinski definition) is 2. The van der Waals surface area contributed by atoms with Crippen molar-refractivity contribution >= 4 is 28.9 Å². The summed E-state index contributed by atoms with van der Waals surface area (Å²) >= 11 is 2.26. The molecule has 1 rings (SSSR count). The number of carbonyl (C=O) groups excluding carboxylic acids is 1. The number of rotatable bonds is 4. The molecule has 1 N–H and O–H groups in total. The number of likely N-dealkylation sites (N-methyl/N-ethyl adjacent to an activating group) is 1. The van der Waals surface area contributed by atoms with Crippen LogP contribution in [-0.4, -0.2) is 19.4 Å². The molecule has 0 aliphatic heterocycles. The second-order valence-corrected chi connectivity index (χ2v) is 4.11. The van der Waals surface area contributed by atoms with Gasteiger partial charge < -0.3 is 10.1 Å². The number of aldehydes is 1. The van der Waals surface area contributed by atoms with Crippen LogP contribution >= 0.6 is 22.6 Å². The monoisotopic (exact) mass is 289 g/mol. The molecule has 0 saturated heterocycles. The Morgan fingerprint density at radius 3 is 2.54 bits per heavy atom. The first-order valence-corrected chi connectivity index (χ1v) is 5.21. The molecule has 2 nitrogen and oxygen atoms in total. The number of nitrogens with one attached hydrogen (secondary N) is 1. The van der Waals surface area contributed by atoms with E-state index in [-0.39, 0.29) is 6.04 Å². The Hall–Kier alpha value is -0.420. The van der Waals surface area contributed by atoms with Gasteiger partial charge in [0.25, 0.3) is 0 Å². The predicted octanol–water partition coefficient (Wildman–Crippen LogP) is 1.62. The summed E-state index contributed by atoms with van der Waals surface area (Å²) in [4.78, 5) is 10.5. The molecule has 0 aliphatic rings. The zero-order valence-corrected chi connectivity index (χ0v) is 9.61. The first kappa shape index (κ1) is 10.7. The molecular formula is C10H12INO. The molecule has 0 fully saturated rings. The van der Waals surface area contributed by atoms with Crippen LogP contribution in [0.2, 0.25) is 0 Å². The molecular weight excluding hydrogens is 277 g/mol. The van der Waals surface area contributed by atoms with E-state index in [0.717, 1.165) is 12.7 Å². The average molecular weight is 289 g/mol. The quantitative estimate of drug-likeness (QED) is 0.674. The maximum Gasteiger partial charge on any atom is 0.137 e. The Bertz CT molecular complexity index is 271. The molecule has 0 saturated carbocycles. The zero-order valence-electron chi connectivity index (χ0n) is 7.46. The molecule has 0 spiro atoms. The molecule has 0 aliphatic carbocycles. The SMILES string of the molecule is CN[C@@H](C=O)Cc1ccc(I)cc1. The molecule has 0 bridgehead atoms. The molecule has 0 amide bonds. The highest BCUT2D eigenvalue weighted by Crippen LogP contribution is 2.08. The van der Waals surface area contributed by atoms with Crippen LogP contribution in [0.15, 0.2) is 24.3 Å². The minimum Gasteiger partial charge on any atom is -0.311 e. The lowest BCUT2D eigenvalue weighted by atomic mass is 10.1. The van der Waals surface area contributed by atoms with E-state index in [2.05, 4.69) is 40.0 Å². The van der Waals surface area contributed by atoms with Crippen LogP contribution in [0.4, 0.5) is 0 Å². The van der Waals surface area contributed by atoms with Gasteiger partial charge in [0.15, 0.2) is 0 Å². The van der Waals surface area contributed by atoms with Gasteiger partial charge in [-0.05, 0) is 53.8 Å². The van der Waals surface area contributed by atoms with Gasteiger partial charge >= 0.3 is 0 Å². The standard InChI is InChI=1S/C10H12INO/c1-12-10(7-13)6-8-2-4-9(11)5-3-8/h2-5,7,10,12H,6H2,1H3/t10-/m1/s1. The number of halogens is 1. The van der Waals surface area contributed by atoms with E-state index < -0.39 is 0 Å². The average Bonchev–Trinajstić information content (AvgIpc) is 2.17.